The lowest BCUT2D eigenvalue weighted by molar-refractivity contribution is -0.107. The summed E-state index contributed by atoms with van der Waals surface area (Å²) in [6, 6.07) is 8.90. The van der Waals surface area contributed by atoms with Gasteiger partial charge in [0.15, 0.2) is 5.69 Å². The van der Waals surface area contributed by atoms with Gasteiger partial charge in [0, 0.05) is 5.56 Å². The Morgan fingerprint density at radius 1 is 1.25 bits per heavy atom. The first-order valence-electron chi connectivity index (χ1n) is 5.86. The van der Waals surface area contributed by atoms with Crippen LogP contribution in [-0.4, -0.2) is 23.7 Å². The highest BCUT2D eigenvalue weighted by Crippen LogP contribution is 2.20. The van der Waals surface area contributed by atoms with Crippen LogP contribution in [0, 0.1) is 5.82 Å². The fourth-order valence-corrected chi connectivity index (χ4v) is 1.65. The van der Waals surface area contributed by atoms with Crippen LogP contribution in [0.2, 0.25) is 0 Å². The molecule has 0 radical (unpaired) electrons. The maximum atomic E-state index is 12.9. The number of pyridine rings is 1. The predicted octanol–water partition coefficient (Wildman–Crippen LogP) is 1.40. The molecule has 0 bridgehead atoms. The summed E-state index contributed by atoms with van der Waals surface area (Å²) >= 11 is 0. The minimum absolute atomic E-state index is 0.0358. The van der Waals surface area contributed by atoms with E-state index in [4.69, 9.17) is 5.73 Å². The van der Waals surface area contributed by atoms with Crippen LogP contribution in [0.4, 0.5) is 10.1 Å². The van der Waals surface area contributed by atoms with E-state index in [-0.39, 0.29) is 23.7 Å². The van der Waals surface area contributed by atoms with Crippen LogP contribution in [-0.2, 0) is 4.79 Å². The molecule has 0 unspecified atom stereocenters. The van der Waals surface area contributed by atoms with Crippen molar-refractivity contribution in [3.8, 4) is 11.3 Å². The maximum Gasteiger partial charge on any atom is 0.272 e. The van der Waals surface area contributed by atoms with Crippen LogP contribution in [0.25, 0.3) is 11.3 Å². The molecule has 0 aliphatic rings. The van der Waals surface area contributed by atoms with Gasteiger partial charge in [-0.15, -0.1) is 0 Å². The molecule has 6 heteroatoms. The van der Waals surface area contributed by atoms with Crippen molar-refractivity contribution in [2.75, 3.05) is 12.3 Å². The summed E-state index contributed by atoms with van der Waals surface area (Å²) in [7, 11) is 0. The molecule has 1 aromatic carbocycles. The molecule has 2 rings (SSSR count). The molecule has 3 N–H and O–H groups in total. The number of nitrogen functional groups attached to an aromatic ring is 1. The normalized spacial score (nSPS) is 10.1. The quantitative estimate of drug-likeness (QED) is 0.824. The van der Waals surface area contributed by atoms with E-state index in [1.165, 1.54) is 12.1 Å². The van der Waals surface area contributed by atoms with E-state index in [0.717, 1.165) is 0 Å². The lowest BCUT2D eigenvalue weighted by Crippen LogP contribution is -2.27. The van der Waals surface area contributed by atoms with Crippen molar-refractivity contribution < 1.29 is 14.0 Å². The van der Waals surface area contributed by atoms with Gasteiger partial charge in [0.2, 0.25) is 0 Å². The molecule has 5 nitrogen and oxygen atoms in total. The van der Waals surface area contributed by atoms with E-state index in [0.29, 0.717) is 17.5 Å². The highest BCUT2D eigenvalue weighted by atomic mass is 19.1. The number of hydrogen-bond acceptors (Lipinski definition) is 4. The van der Waals surface area contributed by atoms with Gasteiger partial charge in [-0.3, -0.25) is 4.79 Å². The molecular formula is C14H12FN3O2. The monoisotopic (exact) mass is 273 g/mol. The zero-order valence-electron chi connectivity index (χ0n) is 10.5. The molecular weight excluding hydrogens is 261 g/mol. The number of hydrogen-bond donors (Lipinski definition) is 2. The van der Waals surface area contributed by atoms with Gasteiger partial charge in [-0.05, 0) is 36.4 Å². The van der Waals surface area contributed by atoms with Crippen molar-refractivity contribution in [3.05, 3.63) is 47.9 Å². The average molecular weight is 273 g/mol. The highest BCUT2D eigenvalue weighted by molar-refractivity contribution is 5.98. The number of aldehydes is 1. The standard InChI is InChI=1S/C14H12FN3O2/c15-10-3-1-9(2-4-10)12-6-5-11(16)13(18-12)14(20)17-7-8-19/h1-6,8H,7,16H2,(H,17,20). The summed E-state index contributed by atoms with van der Waals surface area (Å²) in [4.78, 5) is 26.2. The fraction of sp³-hybridized carbons (Fsp3) is 0.0714. The van der Waals surface area contributed by atoms with Gasteiger partial charge in [0.05, 0.1) is 17.9 Å². The summed E-state index contributed by atoms with van der Waals surface area (Å²) in [5, 5.41) is 2.37. The van der Waals surface area contributed by atoms with Crippen molar-refractivity contribution in [1.29, 1.82) is 0 Å². The minimum Gasteiger partial charge on any atom is -0.397 e. The van der Waals surface area contributed by atoms with Crippen LogP contribution in [0.15, 0.2) is 36.4 Å². The summed E-state index contributed by atoms with van der Waals surface area (Å²) in [6.45, 7) is -0.110. The number of nitrogens with zero attached hydrogens (tertiary/aromatic N) is 1. The zero-order valence-corrected chi connectivity index (χ0v) is 10.5. The summed E-state index contributed by atoms with van der Waals surface area (Å²) in [5.41, 5.74) is 7.09. The van der Waals surface area contributed by atoms with E-state index < -0.39 is 5.91 Å². The molecule has 0 saturated carbocycles. The van der Waals surface area contributed by atoms with Crippen molar-refractivity contribution >= 4 is 17.9 Å². The Balaban J connectivity index is 2.35. The molecule has 102 valence electrons. The Morgan fingerprint density at radius 2 is 1.95 bits per heavy atom. The fourth-order valence-electron chi connectivity index (χ4n) is 1.65. The molecule has 0 saturated heterocycles. The Morgan fingerprint density at radius 3 is 2.60 bits per heavy atom. The van der Waals surface area contributed by atoms with E-state index in [2.05, 4.69) is 10.3 Å². The van der Waals surface area contributed by atoms with Gasteiger partial charge in [-0.2, -0.15) is 0 Å². The molecule has 2 aromatic rings. The second kappa shape index (κ2) is 5.92. The van der Waals surface area contributed by atoms with Crippen molar-refractivity contribution in [2.24, 2.45) is 0 Å². The Kier molecular flexibility index (Phi) is 4.05. The molecule has 0 spiro atoms. The van der Waals surface area contributed by atoms with E-state index >= 15 is 0 Å². The first-order valence-corrected chi connectivity index (χ1v) is 5.86. The average Bonchev–Trinajstić information content (AvgIpc) is 2.46. The second-order valence-electron chi connectivity index (χ2n) is 4.02. The van der Waals surface area contributed by atoms with Gasteiger partial charge >= 0.3 is 0 Å². The Bertz CT molecular complexity index is 641. The number of benzene rings is 1. The lowest BCUT2D eigenvalue weighted by Gasteiger charge is -2.07. The third-order valence-corrected chi connectivity index (χ3v) is 2.63. The molecule has 0 aliphatic carbocycles. The molecule has 1 amide bonds. The first-order chi connectivity index (χ1) is 9.61. The highest BCUT2D eigenvalue weighted by Gasteiger charge is 2.12. The van der Waals surface area contributed by atoms with E-state index in [1.54, 1.807) is 24.3 Å². The molecule has 0 atom stereocenters. The number of anilines is 1. The summed E-state index contributed by atoms with van der Waals surface area (Å²) in [6.07, 6.45) is 0.567. The van der Waals surface area contributed by atoms with Crippen LogP contribution in [0.1, 0.15) is 10.5 Å². The molecule has 0 aliphatic heterocycles. The third kappa shape index (κ3) is 2.97. The van der Waals surface area contributed by atoms with Crippen molar-refractivity contribution in [1.82, 2.24) is 10.3 Å². The number of carbonyl (C=O) groups excluding carboxylic acids is 2. The second-order valence-corrected chi connectivity index (χ2v) is 4.02. The van der Waals surface area contributed by atoms with Crippen LogP contribution >= 0.6 is 0 Å². The number of carbonyl (C=O) groups is 2. The van der Waals surface area contributed by atoms with Gasteiger partial charge in [-0.1, -0.05) is 0 Å². The number of aromatic nitrogens is 1. The summed E-state index contributed by atoms with van der Waals surface area (Å²) < 4.78 is 12.9. The van der Waals surface area contributed by atoms with Crippen LogP contribution in [0.5, 0.6) is 0 Å². The topological polar surface area (TPSA) is 85.1 Å². The first kappa shape index (κ1) is 13.7. The SMILES string of the molecule is Nc1ccc(-c2ccc(F)cc2)nc1C(=O)NCC=O. The maximum absolute atomic E-state index is 12.9. The molecule has 20 heavy (non-hydrogen) atoms. The van der Waals surface area contributed by atoms with Gasteiger partial charge in [0.1, 0.15) is 12.1 Å². The van der Waals surface area contributed by atoms with Gasteiger partial charge < -0.3 is 15.8 Å². The molecule has 1 aromatic heterocycles. The molecule has 0 fully saturated rings. The third-order valence-electron chi connectivity index (χ3n) is 2.63. The van der Waals surface area contributed by atoms with E-state index in [1.807, 2.05) is 0 Å². The Hall–Kier alpha value is -2.76. The molecule has 1 heterocycles. The smallest absolute Gasteiger partial charge is 0.272 e. The number of halogens is 1. The number of rotatable bonds is 4. The van der Waals surface area contributed by atoms with Gasteiger partial charge in [-0.25, -0.2) is 9.37 Å². The van der Waals surface area contributed by atoms with Crippen LogP contribution < -0.4 is 11.1 Å². The minimum atomic E-state index is -0.529. The van der Waals surface area contributed by atoms with Crippen molar-refractivity contribution in [2.45, 2.75) is 0 Å². The zero-order chi connectivity index (χ0) is 14.5. The lowest BCUT2D eigenvalue weighted by atomic mass is 10.1. The number of amides is 1. The largest absolute Gasteiger partial charge is 0.397 e. The van der Waals surface area contributed by atoms with E-state index in [9.17, 15) is 14.0 Å². The van der Waals surface area contributed by atoms with Gasteiger partial charge in [0.25, 0.3) is 5.91 Å². The van der Waals surface area contributed by atoms with Crippen LogP contribution in [0.3, 0.4) is 0 Å². The Labute approximate surface area is 114 Å². The van der Waals surface area contributed by atoms with Crippen molar-refractivity contribution in [3.63, 3.8) is 0 Å². The summed E-state index contributed by atoms with van der Waals surface area (Å²) in [5.74, 6) is -0.883. The number of nitrogens with two attached hydrogens (primary N) is 1. The predicted molar refractivity (Wildman–Crippen MR) is 72.4 cm³/mol. The number of nitrogens with one attached hydrogen (secondary N) is 1.